The molecular weight excluding hydrogens is 221 g/mol. The number of benzene rings is 1. The van der Waals surface area contributed by atoms with Gasteiger partial charge in [-0.3, -0.25) is 5.32 Å². The Balaban J connectivity index is 2.74. The Labute approximate surface area is 100.0 Å². The van der Waals surface area contributed by atoms with Gasteiger partial charge in [0.15, 0.2) is 0 Å². The number of rotatable bonds is 1. The number of hydrogen-bond acceptors (Lipinski definition) is 2. The lowest BCUT2D eigenvalue weighted by atomic mass is 10.2. The fourth-order valence-corrected chi connectivity index (χ4v) is 1.13. The second-order valence-electron chi connectivity index (χ2n) is 4.47. The van der Waals surface area contributed by atoms with Crippen molar-refractivity contribution in [1.82, 2.24) is 0 Å². The van der Waals surface area contributed by atoms with Crippen LogP contribution in [0.4, 0.5) is 14.9 Å². The molecule has 0 bridgehead atoms. The van der Waals surface area contributed by atoms with Crippen molar-refractivity contribution in [2.75, 3.05) is 5.32 Å². The molecule has 0 unspecified atom stereocenters. The van der Waals surface area contributed by atoms with Crippen LogP contribution < -0.4 is 5.32 Å². The van der Waals surface area contributed by atoms with Gasteiger partial charge in [-0.1, -0.05) is 5.92 Å². The number of hydrogen-bond donors (Lipinski definition) is 1. The minimum Gasteiger partial charge on any atom is -0.444 e. The van der Waals surface area contributed by atoms with E-state index in [0.717, 1.165) is 6.07 Å². The molecule has 0 atom stereocenters. The van der Waals surface area contributed by atoms with E-state index >= 15 is 0 Å². The average Bonchev–Trinajstić information content (AvgIpc) is 2.14. The molecule has 0 aromatic heterocycles. The summed E-state index contributed by atoms with van der Waals surface area (Å²) in [5.74, 6) is 1.64. The van der Waals surface area contributed by atoms with Crippen molar-refractivity contribution in [1.29, 1.82) is 0 Å². The van der Waals surface area contributed by atoms with Crippen molar-refractivity contribution in [3.63, 3.8) is 0 Å². The number of carbonyl (C=O) groups is 1. The average molecular weight is 235 g/mol. The van der Waals surface area contributed by atoms with Gasteiger partial charge in [-0.25, -0.2) is 9.18 Å². The molecule has 0 saturated carbocycles. The Hall–Kier alpha value is -2.02. The van der Waals surface area contributed by atoms with E-state index in [-0.39, 0.29) is 5.56 Å². The van der Waals surface area contributed by atoms with Gasteiger partial charge in [0.1, 0.15) is 11.4 Å². The van der Waals surface area contributed by atoms with Gasteiger partial charge in [-0.2, -0.15) is 0 Å². The first-order valence-electron chi connectivity index (χ1n) is 5.08. The van der Waals surface area contributed by atoms with Gasteiger partial charge >= 0.3 is 6.09 Å². The number of halogens is 1. The summed E-state index contributed by atoms with van der Waals surface area (Å²) in [6.45, 7) is 5.23. The first-order valence-corrected chi connectivity index (χ1v) is 5.08. The number of carbonyl (C=O) groups excluding carboxylic acids is 1. The van der Waals surface area contributed by atoms with Crippen LogP contribution in [0.25, 0.3) is 0 Å². The fourth-order valence-electron chi connectivity index (χ4n) is 1.13. The molecule has 0 heterocycles. The highest BCUT2D eigenvalue weighted by atomic mass is 19.1. The van der Waals surface area contributed by atoms with Crippen molar-refractivity contribution in [3.8, 4) is 12.3 Å². The second kappa shape index (κ2) is 4.88. The van der Waals surface area contributed by atoms with Crippen LogP contribution in [0.15, 0.2) is 18.2 Å². The van der Waals surface area contributed by atoms with E-state index in [4.69, 9.17) is 11.2 Å². The van der Waals surface area contributed by atoms with Crippen LogP contribution in [-0.4, -0.2) is 11.7 Å². The van der Waals surface area contributed by atoms with Crippen molar-refractivity contribution in [3.05, 3.63) is 29.6 Å². The van der Waals surface area contributed by atoms with Crippen LogP contribution in [0.5, 0.6) is 0 Å². The maximum Gasteiger partial charge on any atom is 0.412 e. The number of ether oxygens (including phenoxy) is 1. The molecule has 4 heteroatoms. The number of anilines is 1. The Morgan fingerprint density at radius 2 is 2.12 bits per heavy atom. The fraction of sp³-hybridized carbons (Fsp3) is 0.308. The van der Waals surface area contributed by atoms with Crippen LogP contribution >= 0.6 is 0 Å². The molecule has 0 aliphatic heterocycles. The van der Waals surface area contributed by atoms with Crippen LogP contribution in [0.2, 0.25) is 0 Å². The Kier molecular flexibility index (Phi) is 3.74. The Morgan fingerprint density at radius 1 is 1.47 bits per heavy atom. The van der Waals surface area contributed by atoms with E-state index in [1.807, 2.05) is 0 Å². The van der Waals surface area contributed by atoms with Crippen molar-refractivity contribution < 1.29 is 13.9 Å². The summed E-state index contributed by atoms with van der Waals surface area (Å²) < 4.78 is 18.3. The van der Waals surface area contributed by atoms with Crippen LogP contribution in [0.1, 0.15) is 26.3 Å². The van der Waals surface area contributed by atoms with Crippen LogP contribution in [-0.2, 0) is 4.74 Å². The van der Waals surface area contributed by atoms with E-state index in [1.165, 1.54) is 12.1 Å². The smallest absolute Gasteiger partial charge is 0.412 e. The lowest BCUT2D eigenvalue weighted by molar-refractivity contribution is 0.0636. The van der Waals surface area contributed by atoms with E-state index in [0.29, 0.717) is 5.69 Å². The molecule has 3 nitrogen and oxygen atoms in total. The standard InChI is InChI=1S/C13H14FNO2/c1-5-9-6-7-10(8-11(9)14)15-12(16)17-13(2,3)4/h1,6-8H,2-4H3,(H,15,16). The summed E-state index contributed by atoms with van der Waals surface area (Å²) in [7, 11) is 0. The predicted octanol–water partition coefficient (Wildman–Crippen LogP) is 3.15. The zero-order valence-corrected chi connectivity index (χ0v) is 10.0. The molecule has 1 amide bonds. The maximum atomic E-state index is 13.3. The molecule has 1 rings (SSSR count). The first-order chi connectivity index (χ1) is 7.81. The quantitative estimate of drug-likeness (QED) is 0.759. The zero-order valence-electron chi connectivity index (χ0n) is 10.0. The minimum atomic E-state index is -0.634. The highest BCUT2D eigenvalue weighted by Crippen LogP contribution is 2.15. The summed E-state index contributed by atoms with van der Waals surface area (Å²) in [4.78, 5) is 11.4. The van der Waals surface area contributed by atoms with Crippen LogP contribution in [0, 0.1) is 18.2 Å². The molecular formula is C13H14FNO2. The Morgan fingerprint density at radius 3 is 2.59 bits per heavy atom. The molecule has 1 N–H and O–H groups in total. The zero-order chi connectivity index (χ0) is 13.1. The van der Waals surface area contributed by atoms with E-state index < -0.39 is 17.5 Å². The van der Waals surface area contributed by atoms with Gasteiger partial charge in [0.05, 0.1) is 5.56 Å². The number of nitrogens with one attached hydrogen (secondary N) is 1. The van der Waals surface area contributed by atoms with E-state index in [2.05, 4.69) is 11.2 Å². The lowest BCUT2D eigenvalue weighted by Gasteiger charge is -2.19. The summed E-state index contributed by atoms with van der Waals surface area (Å²) >= 11 is 0. The third-order valence-electron chi connectivity index (χ3n) is 1.77. The first kappa shape index (κ1) is 13.0. The third-order valence-corrected chi connectivity index (χ3v) is 1.77. The summed E-state index contributed by atoms with van der Waals surface area (Å²) in [5.41, 5.74) is -0.142. The molecule has 0 saturated heterocycles. The van der Waals surface area contributed by atoms with Gasteiger partial charge in [0, 0.05) is 5.69 Å². The number of terminal acetylenes is 1. The minimum absolute atomic E-state index is 0.153. The summed E-state index contributed by atoms with van der Waals surface area (Å²) in [6, 6.07) is 4.09. The van der Waals surface area contributed by atoms with E-state index in [1.54, 1.807) is 20.8 Å². The molecule has 0 fully saturated rings. The van der Waals surface area contributed by atoms with Gasteiger partial charge in [0.25, 0.3) is 0 Å². The molecule has 0 aliphatic carbocycles. The van der Waals surface area contributed by atoms with Gasteiger partial charge in [0.2, 0.25) is 0 Å². The highest BCUT2D eigenvalue weighted by Gasteiger charge is 2.16. The van der Waals surface area contributed by atoms with Gasteiger partial charge < -0.3 is 4.74 Å². The molecule has 0 aliphatic rings. The largest absolute Gasteiger partial charge is 0.444 e. The Bertz CT molecular complexity index is 469. The summed E-state index contributed by atoms with van der Waals surface area (Å²) in [5, 5.41) is 2.42. The number of amides is 1. The normalized spacial score (nSPS) is 10.5. The molecule has 1 aromatic rings. The SMILES string of the molecule is C#Cc1ccc(NC(=O)OC(C)(C)C)cc1F. The van der Waals surface area contributed by atoms with Gasteiger partial charge in [-0.15, -0.1) is 6.42 Å². The lowest BCUT2D eigenvalue weighted by Crippen LogP contribution is -2.27. The topological polar surface area (TPSA) is 38.3 Å². The van der Waals surface area contributed by atoms with Crippen molar-refractivity contribution in [2.24, 2.45) is 0 Å². The molecule has 90 valence electrons. The third kappa shape index (κ3) is 4.15. The second-order valence-corrected chi connectivity index (χ2v) is 4.47. The molecule has 0 spiro atoms. The molecule has 17 heavy (non-hydrogen) atoms. The molecule has 1 aromatic carbocycles. The summed E-state index contributed by atoms with van der Waals surface area (Å²) in [6.07, 6.45) is 4.45. The van der Waals surface area contributed by atoms with Gasteiger partial charge in [-0.05, 0) is 39.0 Å². The van der Waals surface area contributed by atoms with Crippen molar-refractivity contribution in [2.45, 2.75) is 26.4 Å². The van der Waals surface area contributed by atoms with E-state index in [9.17, 15) is 9.18 Å². The highest BCUT2D eigenvalue weighted by molar-refractivity contribution is 5.84. The molecule has 0 radical (unpaired) electrons. The maximum absolute atomic E-state index is 13.3. The van der Waals surface area contributed by atoms with Crippen molar-refractivity contribution >= 4 is 11.8 Å². The van der Waals surface area contributed by atoms with Crippen LogP contribution in [0.3, 0.4) is 0 Å². The monoisotopic (exact) mass is 235 g/mol. The predicted molar refractivity (Wildman–Crippen MR) is 64.2 cm³/mol.